The van der Waals surface area contributed by atoms with E-state index in [0.29, 0.717) is 16.9 Å². The first-order chi connectivity index (χ1) is 15.0. The molecule has 0 spiro atoms. The number of para-hydroxylation sites is 2. The lowest BCUT2D eigenvalue weighted by Crippen LogP contribution is -2.17. The first-order valence-corrected chi connectivity index (χ1v) is 8.97. The van der Waals surface area contributed by atoms with Crippen molar-refractivity contribution in [1.82, 2.24) is 5.43 Å². The highest BCUT2D eigenvalue weighted by molar-refractivity contribution is 5.95. The van der Waals surface area contributed by atoms with E-state index < -0.39 is 15.8 Å². The predicted octanol–water partition coefficient (Wildman–Crippen LogP) is 3.85. The summed E-state index contributed by atoms with van der Waals surface area (Å²) in [6.07, 6.45) is 1.37. The number of nitro groups is 2. The molecule has 0 bridgehead atoms. The normalized spacial score (nSPS) is 10.6. The average Bonchev–Trinajstić information content (AvgIpc) is 2.78. The van der Waals surface area contributed by atoms with Crippen LogP contribution in [0.15, 0.2) is 77.9 Å². The molecule has 10 nitrogen and oxygen atoms in total. The second kappa shape index (κ2) is 9.74. The number of nitrogens with zero attached hydrogens (tertiary/aromatic N) is 3. The lowest BCUT2D eigenvalue weighted by molar-refractivity contribution is -0.385. The van der Waals surface area contributed by atoms with E-state index in [0.717, 1.165) is 0 Å². The molecule has 0 radical (unpaired) electrons. The lowest BCUT2D eigenvalue weighted by atomic mass is 10.2. The molecule has 0 fully saturated rings. The van der Waals surface area contributed by atoms with Crippen LogP contribution in [0.2, 0.25) is 0 Å². The van der Waals surface area contributed by atoms with E-state index in [1.165, 1.54) is 36.5 Å². The fourth-order valence-corrected chi connectivity index (χ4v) is 2.64. The number of benzene rings is 3. The molecule has 3 rings (SSSR count). The zero-order valence-electron chi connectivity index (χ0n) is 16.0. The molecule has 3 aromatic carbocycles. The van der Waals surface area contributed by atoms with Gasteiger partial charge in [-0.2, -0.15) is 5.10 Å². The molecule has 10 heteroatoms. The Balaban J connectivity index is 1.66. The van der Waals surface area contributed by atoms with Crippen LogP contribution in [0.3, 0.4) is 0 Å². The molecule has 156 valence electrons. The molecule has 0 aromatic heterocycles. The number of hydrazone groups is 1. The third-order valence-electron chi connectivity index (χ3n) is 4.20. The van der Waals surface area contributed by atoms with E-state index in [1.54, 1.807) is 42.5 Å². The van der Waals surface area contributed by atoms with Gasteiger partial charge in [0.05, 0.1) is 21.6 Å². The quantitative estimate of drug-likeness (QED) is 0.334. The second-order valence-corrected chi connectivity index (χ2v) is 6.22. The molecule has 0 aliphatic carbocycles. The van der Waals surface area contributed by atoms with E-state index in [1.807, 2.05) is 0 Å². The van der Waals surface area contributed by atoms with Gasteiger partial charge in [-0.1, -0.05) is 24.3 Å². The topological polar surface area (TPSA) is 137 Å². The monoisotopic (exact) mass is 420 g/mol. The highest BCUT2D eigenvalue weighted by atomic mass is 16.6. The third kappa shape index (κ3) is 5.48. The van der Waals surface area contributed by atoms with Gasteiger partial charge in [-0.15, -0.1) is 0 Å². The maximum Gasteiger partial charge on any atom is 0.276 e. The smallest absolute Gasteiger partial charge is 0.276 e. The average molecular weight is 420 g/mol. The first kappa shape index (κ1) is 21.1. The van der Waals surface area contributed by atoms with Crippen molar-refractivity contribution in [2.24, 2.45) is 5.10 Å². The number of non-ortho nitro benzene ring substituents is 1. The summed E-state index contributed by atoms with van der Waals surface area (Å²) in [6, 6.07) is 18.2. The second-order valence-electron chi connectivity index (χ2n) is 6.22. The van der Waals surface area contributed by atoms with Gasteiger partial charge in [0, 0.05) is 29.3 Å². The minimum absolute atomic E-state index is 0.0167. The van der Waals surface area contributed by atoms with Gasteiger partial charge in [0.25, 0.3) is 17.3 Å². The van der Waals surface area contributed by atoms with Crippen LogP contribution >= 0.6 is 0 Å². The maximum absolute atomic E-state index is 12.1. The van der Waals surface area contributed by atoms with Crippen LogP contribution in [0.25, 0.3) is 0 Å². The van der Waals surface area contributed by atoms with Crippen molar-refractivity contribution >= 4 is 23.5 Å². The minimum atomic E-state index is -0.555. The number of carbonyl (C=O) groups is 1. The number of nitrogens with one attached hydrogen (secondary N) is 1. The van der Waals surface area contributed by atoms with Crippen LogP contribution < -0.4 is 10.2 Å². The maximum atomic E-state index is 12.1. The van der Waals surface area contributed by atoms with Crippen LogP contribution in [-0.2, 0) is 6.61 Å². The number of rotatable bonds is 8. The molecule has 0 heterocycles. The summed E-state index contributed by atoms with van der Waals surface area (Å²) in [5.41, 5.74) is 3.36. The molecule has 0 saturated carbocycles. The Hall–Kier alpha value is -4.60. The number of hydrogen-bond donors (Lipinski definition) is 1. The van der Waals surface area contributed by atoms with E-state index in [4.69, 9.17) is 4.74 Å². The molecule has 3 aromatic rings. The SMILES string of the molecule is O=C(N/N=C/c1ccccc1OCc1ccccc1[N+](=O)[O-])c1ccc([N+](=O)[O-])cc1. The zero-order valence-corrected chi connectivity index (χ0v) is 16.0. The molecule has 31 heavy (non-hydrogen) atoms. The van der Waals surface area contributed by atoms with Gasteiger partial charge >= 0.3 is 0 Å². The molecule has 0 aliphatic rings. The Bertz CT molecular complexity index is 1140. The molecule has 0 atom stereocenters. The third-order valence-corrected chi connectivity index (χ3v) is 4.20. The fraction of sp³-hybridized carbons (Fsp3) is 0.0476. The van der Waals surface area contributed by atoms with Crippen LogP contribution in [0.4, 0.5) is 11.4 Å². The summed E-state index contributed by atoms with van der Waals surface area (Å²) in [4.78, 5) is 32.9. The van der Waals surface area contributed by atoms with Gasteiger partial charge in [0.15, 0.2) is 0 Å². The van der Waals surface area contributed by atoms with Crippen LogP contribution in [-0.4, -0.2) is 22.0 Å². The first-order valence-electron chi connectivity index (χ1n) is 8.97. The van der Waals surface area contributed by atoms with Crippen molar-refractivity contribution in [1.29, 1.82) is 0 Å². The van der Waals surface area contributed by atoms with Gasteiger partial charge in [0.1, 0.15) is 12.4 Å². The van der Waals surface area contributed by atoms with Crippen LogP contribution in [0.1, 0.15) is 21.5 Å². The Kier molecular flexibility index (Phi) is 6.64. The Morgan fingerprint density at radius 1 is 0.935 bits per heavy atom. The predicted molar refractivity (Wildman–Crippen MR) is 112 cm³/mol. The van der Waals surface area contributed by atoms with Crippen molar-refractivity contribution in [3.05, 3.63) is 110 Å². The molecule has 0 saturated heterocycles. The number of ether oxygens (including phenoxy) is 1. The van der Waals surface area contributed by atoms with Gasteiger partial charge in [-0.3, -0.25) is 25.0 Å². The fourth-order valence-electron chi connectivity index (χ4n) is 2.64. The lowest BCUT2D eigenvalue weighted by Gasteiger charge is -2.09. The van der Waals surface area contributed by atoms with Crippen molar-refractivity contribution in [2.45, 2.75) is 6.61 Å². The summed E-state index contributed by atoms with van der Waals surface area (Å²) in [5, 5.41) is 25.7. The largest absolute Gasteiger partial charge is 0.488 e. The molecule has 1 N–H and O–H groups in total. The van der Waals surface area contributed by atoms with E-state index in [2.05, 4.69) is 10.5 Å². The Labute approximate surface area is 176 Å². The molecule has 0 aliphatic heterocycles. The Morgan fingerprint density at radius 3 is 2.32 bits per heavy atom. The van der Waals surface area contributed by atoms with Crippen LogP contribution in [0, 0.1) is 20.2 Å². The molecule has 1 amide bonds. The van der Waals surface area contributed by atoms with Gasteiger partial charge in [-0.05, 0) is 30.3 Å². The van der Waals surface area contributed by atoms with Crippen molar-refractivity contribution in [2.75, 3.05) is 0 Å². The summed E-state index contributed by atoms with van der Waals surface area (Å²) in [7, 11) is 0. The van der Waals surface area contributed by atoms with Crippen molar-refractivity contribution < 1.29 is 19.4 Å². The summed E-state index contributed by atoms with van der Waals surface area (Å²) < 4.78 is 5.72. The number of carbonyl (C=O) groups excluding carboxylic acids is 1. The summed E-state index contributed by atoms with van der Waals surface area (Å²) >= 11 is 0. The van der Waals surface area contributed by atoms with E-state index >= 15 is 0 Å². The highest BCUT2D eigenvalue weighted by Gasteiger charge is 2.13. The standard InChI is InChI=1S/C21H16N4O6/c26-21(15-9-11-18(12-10-15)24(27)28)23-22-13-16-5-2-4-8-20(16)31-14-17-6-1-3-7-19(17)25(29)30/h1-13H,14H2,(H,23,26)/b22-13+. The summed E-state index contributed by atoms with van der Waals surface area (Å²) in [6.45, 7) is -0.0167. The Morgan fingerprint density at radius 2 is 1.61 bits per heavy atom. The van der Waals surface area contributed by atoms with Crippen molar-refractivity contribution in [3.8, 4) is 5.75 Å². The number of nitro benzene ring substituents is 2. The molecular weight excluding hydrogens is 404 g/mol. The van der Waals surface area contributed by atoms with Gasteiger partial charge in [-0.25, -0.2) is 5.43 Å². The number of amides is 1. The van der Waals surface area contributed by atoms with E-state index in [9.17, 15) is 25.0 Å². The van der Waals surface area contributed by atoms with E-state index in [-0.39, 0.29) is 23.5 Å². The number of hydrogen-bond acceptors (Lipinski definition) is 7. The zero-order chi connectivity index (χ0) is 22.2. The molecular formula is C21H16N4O6. The molecule has 0 unspecified atom stereocenters. The summed E-state index contributed by atoms with van der Waals surface area (Å²) in [5.74, 6) is -0.113. The highest BCUT2D eigenvalue weighted by Crippen LogP contribution is 2.22. The van der Waals surface area contributed by atoms with Gasteiger partial charge < -0.3 is 4.74 Å². The minimum Gasteiger partial charge on any atom is -0.488 e. The van der Waals surface area contributed by atoms with Crippen molar-refractivity contribution in [3.63, 3.8) is 0 Å². The van der Waals surface area contributed by atoms with Gasteiger partial charge in [0.2, 0.25) is 0 Å². The van der Waals surface area contributed by atoms with Crippen LogP contribution in [0.5, 0.6) is 5.75 Å².